The Bertz CT molecular complexity index is 539. The number of piperidine rings is 1. The van der Waals surface area contributed by atoms with E-state index in [-0.39, 0.29) is 6.10 Å². The summed E-state index contributed by atoms with van der Waals surface area (Å²) >= 11 is 0. The molecule has 0 amide bonds. The number of hydrogen-bond donors (Lipinski definition) is 1. The number of rotatable bonds is 3. The van der Waals surface area contributed by atoms with Crippen LogP contribution in [0.1, 0.15) is 38.3 Å². The van der Waals surface area contributed by atoms with E-state index in [0.717, 1.165) is 50.6 Å². The Morgan fingerprint density at radius 3 is 2.95 bits per heavy atom. The van der Waals surface area contributed by atoms with Crippen molar-refractivity contribution in [3.8, 4) is 6.07 Å². The molecule has 21 heavy (non-hydrogen) atoms. The number of anilines is 2. The van der Waals surface area contributed by atoms with E-state index in [2.05, 4.69) is 22.5 Å². The number of nitriles is 1. The first kappa shape index (κ1) is 14.3. The Labute approximate surface area is 126 Å². The molecule has 0 bridgehead atoms. The van der Waals surface area contributed by atoms with Gasteiger partial charge in [0.25, 0.3) is 0 Å². The standard InChI is InChI=1S/C16H24N4O/c1-12-4-2-6-19(10-12)16-15(18)8-13(9-17)20(16)11-14-5-3-7-21-14/h8,12,14H,2-7,10-11,18H2,1H3/t12-,14+/m1/s1. The van der Waals surface area contributed by atoms with Crippen molar-refractivity contribution in [2.24, 2.45) is 5.92 Å². The third kappa shape index (κ3) is 2.86. The molecule has 2 aliphatic heterocycles. The monoisotopic (exact) mass is 288 g/mol. The van der Waals surface area contributed by atoms with Crippen molar-refractivity contribution in [3.63, 3.8) is 0 Å². The summed E-state index contributed by atoms with van der Waals surface area (Å²) in [6.45, 7) is 5.89. The minimum absolute atomic E-state index is 0.213. The van der Waals surface area contributed by atoms with E-state index >= 15 is 0 Å². The lowest BCUT2D eigenvalue weighted by Gasteiger charge is -2.34. The smallest absolute Gasteiger partial charge is 0.133 e. The number of hydrogen-bond acceptors (Lipinski definition) is 4. The van der Waals surface area contributed by atoms with Gasteiger partial charge in [-0.1, -0.05) is 6.92 Å². The van der Waals surface area contributed by atoms with Crippen molar-refractivity contribution < 1.29 is 4.74 Å². The molecule has 1 aromatic heterocycles. The molecule has 5 nitrogen and oxygen atoms in total. The Hall–Kier alpha value is -1.67. The van der Waals surface area contributed by atoms with Crippen molar-refractivity contribution in [3.05, 3.63) is 11.8 Å². The summed E-state index contributed by atoms with van der Waals surface area (Å²) in [6.07, 6.45) is 4.85. The largest absolute Gasteiger partial charge is 0.396 e. The van der Waals surface area contributed by atoms with Gasteiger partial charge in [-0.15, -0.1) is 0 Å². The molecule has 0 radical (unpaired) electrons. The third-order valence-electron chi connectivity index (χ3n) is 4.58. The second-order valence-electron chi connectivity index (χ2n) is 6.36. The van der Waals surface area contributed by atoms with Crippen LogP contribution in [-0.2, 0) is 11.3 Å². The van der Waals surface area contributed by atoms with Crippen LogP contribution in [0.3, 0.4) is 0 Å². The van der Waals surface area contributed by atoms with E-state index in [1.165, 1.54) is 12.8 Å². The van der Waals surface area contributed by atoms with E-state index in [9.17, 15) is 5.26 Å². The maximum absolute atomic E-state index is 9.39. The first-order chi connectivity index (χ1) is 10.2. The summed E-state index contributed by atoms with van der Waals surface area (Å²) < 4.78 is 7.81. The molecule has 0 spiro atoms. The first-order valence-electron chi connectivity index (χ1n) is 7.94. The second kappa shape index (κ2) is 5.98. The minimum atomic E-state index is 0.213. The summed E-state index contributed by atoms with van der Waals surface area (Å²) in [5, 5.41) is 9.39. The summed E-state index contributed by atoms with van der Waals surface area (Å²) in [6, 6.07) is 4.09. The second-order valence-corrected chi connectivity index (χ2v) is 6.36. The molecule has 2 aliphatic rings. The Morgan fingerprint density at radius 1 is 1.43 bits per heavy atom. The predicted molar refractivity (Wildman–Crippen MR) is 83.1 cm³/mol. The zero-order valence-electron chi connectivity index (χ0n) is 12.7. The van der Waals surface area contributed by atoms with Crippen LogP contribution >= 0.6 is 0 Å². The highest BCUT2D eigenvalue weighted by Gasteiger charge is 2.26. The van der Waals surface area contributed by atoms with Gasteiger partial charge in [0.05, 0.1) is 18.3 Å². The lowest BCUT2D eigenvalue weighted by molar-refractivity contribution is 0.0971. The lowest BCUT2D eigenvalue weighted by atomic mass is 10.0. The zero-order valence-corrected chi connectivity index (χ0v) is 12.7. The van der Waals surface area contributed by atoms with Gasteiger partial charge in [-0.05, 0) is 37.7 Å². The average Bonchev–Trinajstić information content (AvgIpc) is 3.07. The van der Waals surface area contributed by atoms with Gasteiger partial charge in [0.1, 0.15) is 17.6 Å². The molecule has 0 unspecified atom stereocenters. The Balaban J connectivity index is 1.90. The highest BCUT2D eigenvalue weighted by molar-refractivity contribution is 5.68. The molecule has 2 saturated heterocycles. The molecular weight excluding hydrogens is 264 g/mol. The Morgan fingerprint density at radius 2 is 2.29 bits per heavy atom. The quantitative estimate of drug-likeness (QED) is 0.927. The van der Waals surface area contributed by atoms with Gasteiger partial charge in [0.15, 0.2) is 0 Å². The van der Waals surface area contributed by atoms with Gasteiger partial charge in [0, 0.05) is 19.7 Å². The molecule has 114 valence electrons. The molecule has 2 fully saturated rings. The molecule has 0 saturated carbocycles. The summed E-state index contributed by atoms with van der Waals surface area (Å²) in [5.41, 5.74) is 7.58. The molecular formula is C16H24N4O. The van der Waals surface area contributed by atoms with Gasteiger partial charge in [-0.3, -0.25) is 0 Å². The fraction of sp³-hybridized carbons (Fsp3) is 0.688. The molecule has 0 aromatic carbocycles. The van der Waals surface area contributed by atoms with E-state index in [1.54, 1.807) is 0 Å². The predicted octanol–water partition coefficient (Wildman–Crippen LogP) is 2.36. The fourth-order valence-corrected chi connectivity index (χ4v) is 3.56. The van der Waals surface area contributed by atoms with Crippen molar-refractivity contribution in [2.45, 2.75) is 45.3 Å². The van der Waals surface area contributed by atoms with E-state index < -0.39 is 0 Å². The van der Waals surface area contributed by atoms with Crippen LogP contribution in [-0.4, -0.2) is 30.4 Å². The highest BCUT2D eigenvalue weighted by atomic mass is 16.5. The van der Waals surface area contributed by atoms with E-state index in [1.807, 2.05) is 6.07 Å². The third-order valence-corrected chi connectivity index (χ3v) is 4.58. The number of aromatic nitrogens is 1. The van der Waals surface area contributed by atoms with Gasteiger partial charge in [-0.2, -0.15) is 5.26 Å². The van der Waals surface area contributed by atoms with Crippen LogP contribution in [0.25, 0.3) is 0 Å². The van der Waals surface area contributed by atoms with Crippen LogP contribution in [0.4, 0.5) is 11.5 Å². The maximum Gasteiger partial charge on any atom is 0.133 e. The van der Waals surface area contributed by atoms with Crippen molar-refractivity contribution in [2.75, 3.05) is 30.3 Å². The van der Waals surface area contributed by atoms with Crippen molar-refractivity contribution in [1.29, 1.82) is 5.26 Å². The number of nitrogen functional groups attached to an aromatic ring is 1. The summed E-state index contributed by atoms with van der Waals surface area (Å²) in [7, 11) is 0. The molecule has 2 atom stereocenters. The molecule has 0 aliphatic carbocycles. The number of ether oxygens (including phenoxy) is 1. The normalized spacial score (nSPS) is 26.0. The molecule has 3 heterocycles. The van der Waals surface area contributed by atoms with Crippen molar-refractivity contribution in [1.82, 2.24) is 4.57 Å². The van der Waals surface area contributed by atoms with Crippen molar-refractivity contribution >= 4 is 11.5 Å². The van der Waals surface area contributed by atoms with E-state index in [4.69, 9.17) is 10.5 Å². The molecule has 1 aromatic rings. The summed E-state index contributed by atoms with van der Waals surface area (Å²) in [5.74, 6) is 1.70. The van der Waals surface area contributed by atoms with Gasteiger partial charge >= 0.3 is 0 Å². The van der Waals surface area contributed by atoms with E-state index in [0.29, 0.717) is 11.6 Å². The molecule has 3 rings (SSSR count). The number of nitrogens with zero attached hydrogens (tertiary/aromatic N) is 3. The van der Waals surface area contributed by atoms with Crippen LogP contribution in [0.2, 0.25) is 0 Å². The van der Waals surface area contributed by atoms with Gasteiger partial charge < -0.3 is 19.9 Å². The number of nitrogens with two attached hydrogens (primary N) is 1. The van der Waals surface area contributed by atoms with Crippen LogP contribution in [0.5, 0.6) is 0 Å². The lowest BCUT2D eigenvalue weighted by Crippen LogP contribution is -2.36. The minimum Gasteiger partial charge on any atom is -0.396 e. The Kier molecular flexibility index (Phi) is 4.07. The first-order valence-corrected chi connectivity index (χ1v) is 7.94. The molecule has 2 N–H and O–H groups in total. The average molecular weight is 288 g/mol. The molecule has 5 heteroatoms. The van der Waals surface area contributed by atoms with Gasteiger partial charge in [0.2, 0.25) is 0 Å². The van der Waals surface area contributed by atoms with Crippen LogP contribution in [0.15, 0.2) is 6.07 Å². The van der Waals surface area contributed by atoms with Crippen LogP contribution < -0.4 is 10.6 Å². The fourth-order valence-electron chi connectivity index (χ4n) is 3.56. The maximum atomic E-state index is 9.39. The SMILES string of the molecule is C[C@@H]1CCCN(c2c(N)cc(C#N)n2C[C@@H]2CCCO2)C1. The van der Waals surface area contributed by atoms with Crippen LogP contribution in [0, 0.1) is 17.2 Å². The van der Waals surface area contributed by atoms with Gasteiger partial charge in [-0.25, -0.2) is 0 Å². The zero-order chi connectivity index (χ0) is 14.8. The summed E-state index contributed by atoms with van der Waals surface area (Å²) in [4.78, 5) is 2.35. The topological polar surface area (TPSA) is 67.2 Å². The highest BCUT2D eigenvalue weighted by Crippen LogP contribution is 2.32.